The summed E-state index contributed by atoms with van der Waals surface area (Å²) in [6.07, 6.45) is 1.47. The van der Waals surface area contributed by atoms with Crippen LogP contribution in [0.4, 0.5) is 20.3 Å². The van der Waals surface area contributed by atoms with Gasteiger partial charge in [-0.1, -0.05) is 0 Å². The monoisotopic (exact) mass is 350 g/mol. The van der Waals surface area contributed by atoms with Gasteiger partial charge in [0.05, 0.1) is 5.69 Å². The number of anilines is 2. The van der Waals surface area contributed by atoms with Crippen LogP contribution < -0.4 is 9.80 Å². The Morgan fingerprint density at radius 1 is 1.28 bits per heavy atom. The molecule has 1 aliphatic carbocycles. The highest BCUT2D eigenvalue weighted by atomic mass is 19.3. The minimum Gasteiger partial charge on any atom is -0.340 e. The van der Waals surface area contributed by atoms with Gasteiger partial charge in [-0.25, -0.2) is 13.8 Å². The molecule has 0 unspecified atom stereocenters. The van der Waals surface area contributed by atoms with Gasteiger partial charge in [-0.15, -0.1) is 0 Å². The number of fused-ring (bicyclic) bond motifs is 3. The van der Waals surface area contributed by atoms with Crippen LogP contribution in [0.1, 0.15) is 38.2 Å². The van der Waals surface area contributed by atoms with Crippen molar-refractivity contribution in [3.63, 3.8) is 0 Å². The molecule has 0 bridgehead atoms. The van der Waals surface area contributed by atoms with Gasteiger partial charge in [0.15, 0.2) is 5.82 Å². The van der Waals surface area contributed by atoms with Crippen LogP contribution in [0.15, 0.2) is 12.3 Å². The van der Waals surface area contributed by atoms with Crippen LogP contribution in [0, 0.1) is 0 Å². The molecule has 3 heterocycles. The van der Waals surface area contributed by atoms with Crippen LogP contribution in [0.3, 0.4) is 0 Å². The first-order valence-corrected chi connectivity index (χ1v) is 8.93. The number of aromatic nitrogens is 1. The summed E-state index contributed by atoms with van der Waals surface area (Å²) in [4.78, 5) is 23.5. The summed E-state index contributed by atoms with van der Waals surface area (Å²) in [5.74, 6) is -1.87. The fourth-order valence-corrected chi connectivity index (χ4v) is 4.13. The Morgan fingerprint density at radius 3 is 2.64 bits per heavy atom. The number of piperazine rings is 1. The highest BCUT2D eigenvalue weighted by Gasteiger charge is 2.47. The third-order valence-corrected chi connectivity index (χ3v) is 5.82. The predicted octanol–water partition coefficient (Wildman–Crippen LogP) is 2.47. The van der Waals surface area contributed by atoms with E-state index in [1.807, 2.05) is 6.07 Å². The van der Waals surface area contributed by atoms with E-state index in [1.54, 1.807) is 18.1 Å². The van der Waals surface area contributed by atoms with E-state index in [0.717, 1.165) is 30.2 Å². The van der Waals surface area contributed by atoms with Crippen molar-refractivity contribution in [1.29, 1.82) is 0 Å². The Labute approximate surface area is 146 Å². The molecule has 1 saturated carbocycles. The van der Waals surface area contributed by atoms with Crippen molar-refractivity contribution < 1.29 is 13.6 Å². The third kappa shape index (κ3) is 2.69. The molecular weight excluding hydrogens is 326 g/mol. The smallest absolute Gasteiger partial charge is 0.250 e. The van der Waals surface area contributed by atoms with Crippen LogP contribution >= 0.6 is 0 Å². The first kappa shape index (κ1) is 16.7. The number of hydrogen-bond acceptors (Lipinski definition) is 4. The van der Waals surface area contributed by atoms with Crippen LogP contribution in [0.2, 0.25) is 0 Å². The van der Waals surface area contributed by atoms with Gasteiger partial charge in [-0.05, 0) is 31.4 Å². The molecule has 25 heavy (non-hydrogen) atoms. The van der Waals surface area contributed by atoms with Crippen molar-refractivity contribution in [2.24, 2.45) is 0 Å². The maximum Gasteiger partial charge on any atom is 0.250 e. The molecule has 1 amide bonds. The average molecular weight is 350 g/mol. The summed E-state index contributed by atoms with van der Waals surface area (Å²) in [6.45, 7) is 6.61. The number of carbonyl (C=O) groups excluding carboxylic acids is 1. The van der Waals surface area contributed by atoms with Gasteiger partial charge in [-0.3, -0.25) is 9.69 Å². The quantitative estimate of drug-likeness (QED) is 0.822. The van der Waals surface area contributed by atoms with Crippen LogP contribution in [-0.2, 0) is 4.79 Å². The molecule has 3 aliphatic rings. The summed E-state index contributed by atoms with van der Waals surface area (Å²) < 4.78 is 26.4. The van der Waals surface area contributed by atoms with Crippen molar-refractivity contribution in [2.75, 3.05) is 36.5 Å². The molecule has 0 N–H and O–H groups in total. The molecule has 0 radical (unpaired) electrons. The third-order valence-electron chi connectivity index (χ3n) is 5.82. The summed E-state index contributed by atoms with van der Waals surface area (Å²) in [7, 11) is 1.76. The second kappa shape index (κ2) is 5.62. The fraction of sp³-hybridized carbons (Fsp3) is 0.667. The van der Waals surface area contributed by atoms with E-state index in [1.165, 1.54) is 0 Å². The molecule has 0 spiro atoms. The lowest BCUT2D eigenvalue weighted by Crippen LogP contribution is -2.63. The van der Waals surface area contributed by atoms with Gasteiger partial charge in [0.25, 0.3) is 5.91 Å². The van der Waals surface area contributed by atoms with Crippen LogP contribution in [-0.4, -0.2) is 60.5 Å². The molecule has 1 aromatic rings. The van der Waals surface area contributed by atoms with Gasteiger partial charge >= 0.3 is 0 Å². The second-order valence-corrected chi connectivity index (χ2v) is 7.77. The van der Waals surface area contributed by atoms with E-state index >= 15 is 0 Å². The summed E-state index contributed by atoms with van der Waals surface area (Å²) >= 11 is 0. The van der Waals surface area contributed by atoms with E-state index in [9.17, 15) is 13.6 Å². The van der Waals surface area contributed by atoms with E-state index in [2.05, 4.69) is 28.6 Å². The van der Waals surface area contributed by atoms with Crippen molar-refractivity contribution in [1.82, 2.24) is 9.88 Å². The number of alkyl halides is 2. The number of halogens is 2. The molecule has 1 aromatic heterocycles. The Hall–Kier alpha value is -1.76. The molecule has 0 aromatic carbocycles. The summed E-state index contributed by atoms with van der Waals surface area (Å²) in [5.41, 5.74) is 1.55. The van der Waals surface area contributed by atoms with Gasteiger partial charge < -0.3 is 9.80 Å². The zero-order chi connectivity index (χ0) is 17.9. The maximum absolute atomic E-state index is 13.2. The Bertz CT molecular complexity index is 700. The summed E-state index contributed by atoms with van der Waals surface area (Å²) in [5, 5.41) is 0. The lowest BCUT2D eigenvalue weighted by molar-refractivity contribution is -0.121. The van der Waals surface area contributed by atoms with Gasteiger partial charge in [0.1, 0.15) is 6.04 Å². The highest BCUT2D eigenvalue weighted by molar-refractivity contribution is 6.04. The normalized spacial score (nSPS) is 26.5. The Morgan fingerprint density at radius 2 is 2.00 bits per heavy atom. The van der Waals surface area contributed by atoms with Gasteiger partial charge in [-0.2, -0.15) is 0 Å². The number of hydrogen-bond donors (Lipinski definition) is 0. The minimum absolute atomic E-state index is 0.0516. The number of rotatable bonds is 2. The van der Waals surface area contributed by atoms with Crippen LogP contribution in [0.5, 0.6) is 0 Å². The first-order chi connectivity index (χ1) is 11.8. The maximum atomic E-state index is 13.2. The SMILES string of the molecule is CC(C)N1CCN2c3ncc(C4CC(F)(F)C4)cc3N(C)C(=O)[C@@H]2C1. The molecular formula is C18H24F2N4O. The molecule has 2 aliphatic heterocycles. The zero-order valence-electron chi connectivity index (χ0n) is 14.9. The second-order valence-electron chi connectivity index (χ2n) is 7.77. The van der Waals surface area contributed by atoms with Crippen molar-refractivity contribution in [3.05, 3.63) is 17.8 Å². The lowest BCUT2D eigenvalue weighted by Gasteiger charge is -2.47. The van der Waals surface area contributed by atoms with Crippen molar-refractivity contribution >= 4 is 17.4 Å². The molecule has 1 saturated heterocycles. The molecule has 7 heteroatoms. The molecule has 136 valence electrons. The Balaban J connectivity index is 1.63. The van der Waals surface area contributed by atoms with Crippen LogP contribution in [0.25, 0.3) is 0 Å². The van der Waals surface area contributed by atoms with Crippen molar-refractivity contribution in [3.8, 4) is 0 Å². The van der Waals surface area contributed by atoms with Gasteiger partial charge in [0.2, 0.25) is 5.92 Å². The molecule has 4 rings (SSSR count). The molecule has 5 nitrogen and oxygen atoms in total. The number of likely N-dealkylation sites (N-methyl/N-ethyl adjacent to an activating group) is 1. The van der Waals surface area contributed by atoms with Gasteiger partial charge in [0, 0.05) is 51.8 Å². The number of pyridine rings is 1. The van der Waals surface area contributed by atoms with E-state index < -0.39 is 5.92 Å². The van der Waals surface area contributed by atoms with Crippen molar-refractivity contribution in [2.45, 2.75) is 50.6 Å². The topological polar surface area (TPSA) is 39.7 Å². The van der Waals surface area contributed by atoms with E-state index in [-0.39, 0.29) is 30.7 Å². The number of amides is 1. The number of carbonyl (C=O) groups is 1. The van der Waals surface area contributed by atoms with E-state index in [0.29, 0.717) is 12.6 Å². The number of nitrogens with zero attached hydrogens (tertiary/aromatic N) is 4. The van der Waals surface area contributed by atoms with E-state index in [4.69, 9.17) is 0 Å². The first-order valence-electron chi connectivity index (χ1n) is 8.93. The Kier molecular flexibility index (Phi) is 3.76. The molecule has 2 fully saturated rings. The standard InChI is InChI=1S/C18H24F2N4O/c1-11(2)23-4-5-24-15(10-23)17(25)22(3)14-6-12(9-21-16(14)24)13-7-18(19,20)8-13/h6,9,11,13,15H,4-5,7-8,10H2,1-3H3/t15-/m0/s1. The summed E-state index contributed by atoms with van der Waals surface area (Å²) in [6, 6.07) is 2.06. The lowest BCUT2D eigenvalue weighted by atomic mass is 9.77. The largest absolute Gasteiger partial charge is 0.340 e. The predicted molar refractivity (Wildman–Crippen MR) is 92.4 cm³/mol. The molecule has 1 atom stereocenters. The zero-order valence-corrected chi connectivity index (χ0v) is 14.9. The highest BCUT2D eigenvalue weighted by Crippen LogP contribution is 2.49. The average Bonchev–Trinajstić information content (AvgIpc) is 2.56. The minimum atomic E-state index is -2.55. The fourth-order valence-electron chi connectivity index (χ4n) is 4.13.